The topological polar surface area (TPSA) is 47.8 Å². The summed E-state index contributed by atoms with van der Waals surface area (Å²) in [7, 11) is 1.52. The fourth-order valence-electron chi connectivity index (χ4n) is 0.417. The van der Waals surface area contributed by atoms with E-state index in [9.17, 15) is 4.79 Å². The molecule has 4 nitrogen and oxygen atoms in total. The molecule has 1 rings (SSSR count). The molecule has 0 N–H and O–H groups in total. The maximum atomic E-state index is 10.9. The lowest BCUT2D eigenvalue weighted by Crippen LogP contribution is -2.20. The van der Waals surface area contributed by atoms with Crippen LogP contribution in [0.3, 0.4) is 0 Å². The minimum absolute atomic E-state index is 0.0770. The van der Waals surface area contributed by atoms with Gasteiger partial charge in [0.25, 0.3) is 5.56 Å². The first kappa shape index (κ1) is 7.68. The van der Waals surface area contributed by atoms with Crippen molar-refractivity contribution in [3.05, 3.63) is 20.2 Å². The summed E-state index contributed by atoms with van der Waals surface area (Å²) in [6.45, 7) is 0. The lowest BCUT2D eigenvalue weighted by atomic mass is 10.8. The molecule has 0 aliphatic carbocycles. The van der Waals surface area contributed by atoms with Crippen molar-refractivity contribution < 1.29 is 0 Å². The molecule has 0 aromatic carbocycles. The van der Waals surface area contributed by atoms with E-state index in [2.05, 4.69) is 26.1 Å². The van der Waals surface area contributed by atoms with Crippen LogP contribution in [-0.2, 0) is 7.05 Å². The van der Waals surface area contributed by atoms with Crippen molar-refractivity contribution in [1.29, 1.82) is 0 Å². The van der Waals surface area contributed by atoms with E-state index < -0.39 is 0 Å². The Morgan fingerprint density at radius 3 is 2.70 bits per heavy atom. The Morgan fingerprint density at radius 2 is 2.20 bits per heavy atom. The number of halogens is 2. The van der Waals surface area contributed by atoms with Gasteiger partial charge in [0.1, 0.15) is 0 Å². The zero-order valence-corrected chi connectivity index (χ0v) is 7.35. The Labute approximate surface area is 70.0 Å². The van der Waals surface area contributed by atoms with Crippen molar-refractivity contribution >= 4 is 27.5 Å². The SMILES string of the molecule is Cn1c(Cl)nnc(Br)c1=O. The third-order valence-electron chi connectivity index (χ3n) is 0.978. The molecule has 1 heterocycles. The molecule has 0 saturated carbocycles. The quantitative estimate of drug-likeness (QED) is 0.648. The lowest BCUT2D eigenvalue weighted by molar-refractivity contribution is 0.762. The molecule has 1 aromatic rings. The Morgan fingerprint density at radius 1 is 1.60 bits per heavy atom. The second-order valence-electron chi connectivity index (χ2n) is 1.62. The molecule has 0 fully saturated rings. The highest BCUT2D eigenvalue weighted by atomic mass is 79.9. The zero-order chi connectivity index (χ0) is 7.72. The predicted molar refractivity (Wildman–Crippen MR) is 40.0 cm³/mol. The van der Waals surface area contributed by atoms with Gasteiger partial charge in [0, 0.05) is 7.05 Å². The molecule has 10 heavy (non-hydrogen) atoms. The largest absolute Gasteiger partial charge is 0.287 e. The molecule has 1 aromatic heterocycles. The van der Waals surface area contributed by atoms with Crippen molar-refractivity contribution in [3.63, 3.8) is 0 Å². The monoisotopic (exact) mass is 223 g/mol. The van der Waals surface area contributed by atoms with Gasteiger partial charge in [-0.05, 0) is 27.5 Å². The predicted octanol–water partition coefficient (Wildman–Crippen LogP) is 0.591. The number of hydrogen-bond donors (Lipinski definition) is 0. The summed E-state index contributed by atoms with van der Waals surface area (Å²) in [5, 5.41) is 6.99. The van der Waals surface area contributed by atoms with E-state index >= 15 is 0 Å². The van der Waals surface area contributed by atoms with Crippen molar-refractivity contribution in [2.75, 3.05) is 0 Å². The molecule has 0 atom stereocenters. The number of nitrogens with zero attached hydrogens (tertiary/aromatic N) is 3. The van der Waals surface area contributed by atoms with Gasteiger partial charge in [0.15, 0.2) is 4.60 Å². The summed E-state index contributed by atoms with van der Waals surface area (Å²) >= 11 is 8.37. The van der Waals surface area contributed by atoms with Crippen LogP contribution >= 0.6 is 27.5 Å². The van der Waals surface area contributed by atoms with E-state index in [0.717, 1.165) is 0 Å². The fraction of sp³-hybridized carbons (Fsp3) is 0.250. The molecule has 0 radical (unpaired) electrons. The van der Waals surface area contributed by atoms with Crippen molar-refractivity contribution in [3.8, 4) is 0 Å². The molecule has 0 amide bonds. The molecule has 0 bridgehead atoms. The average Bonchev–Trinajstić information content (AvgIpc) is 1.93. The van der Waals surface area contributed by atoms with Crippen LogP contribution in [0.15, 0.2) is 9.40 Å². The number of rotatable bonds is 0. The molecule has 0 spiro atoms. The van der Waals surface area contributed by atoms with Gasteiger partial charge in [-0.15, -0.1) is 10.2 Å². The third-order valence-corrected chi connectivity index (χ3v) is 1.81. The van der Waals surface area contributed by atoms with Crippen LogP contribution in [0, 0.1) is 0 Å². The van der Waals surface area contributed by atoms with E-state index in [-0.39, 0.29) is 15.4 Å². The van der Waals surface area contributed by atoms with E-state index in [1.54, 1.807) is 0 Å². The summed E-state index contributed by atoms with van der Waals surface area (Å²) in [6, 6.07) is 0. The number of hydrogen-bond acceptors (Lipinski definition) is 3. The van der Waals surface area contributed by atoms with Crippen LogP contribution in [-0.4, -0.2) is 14.8 Å². The number of aromatic nitrogens is 3. The third kappa shape index (κ3) is 1.19. The van der Waals surface area contributed by atoms with Gasteiger partial charge in [-0.3, -0.25) is 9.36 Å². The van der Waals surface area contributed by atoms with E-state index in [0.29, 0.717) is 0 Å². The second kappa shape index (κ2) is 2.67. The summed E-state index contributed by atoms with van der Waals surface area (Å²) in [5.41, 5.74) is -0.292. The van der Waals surface area contributed by atoms with Crippen molar-refractivity contribution in [2.24, 2.45) is 7.05 Å². The van der Waals surface area contributed by atoms with Crippen molar-refractivity contribution in [2.45, 2.75) is 0 Å². The van der Waals surface area contributed by atoms with Gasteiger partial charge in [0.05, 0.1) is 0 Å². The summed E-state index contributed by atoms with van der Waals surface area (Å²) in [5.74, 6) is 0. The fourth-order valence-corrected chi connectivity index (χ4v) is 0.877. The highest BCUT2D eigenvalue weighted by Gasteiger charge is 2.02. The highest BCUT2D eigenvalue weighted by molar-refractivity contribution is 9.10. The second-order valence-corrected chi connectivity index (χ2v) is 2.71. The minimum atomic E-state index is -0.292. The summed E-state index contributed by atoms with van der Waals surface area (Å²) < 4.78 is 1.36. The van der Waals surface area contributed by atoms with Gasteiger partial charge in [-0.25, -0.2) is 0 Å². The van der Waals surface area contributed by atoms with Crippen LogP contribution in [0.1, 0.15) is 0 Å². The maximum absolute atomic E-state index is 10.9. The first-order valence-electron chi connectivity index (χ1n) is 2.37. The first-order valence-corrected chi connectivity index (χ1v) is 3.54. The van der Waals surface area contributed by atoms with E-state index in [1.807, 2.05) is 0 Å². The van der Waals surface area contributed by atoms with Crippen LogP contribution in [0.4, 0.5) is 0 Å². The van der Waals surface area contributed by atoms with Crippen LogP contribution in [0.2, 0.25) is 5.28 Å². The van der Waals surface area contributed by atoms with Gasteiger partial charge in [-0.1, -0.05) is 0 Å². The summed E-state index contributed by atoms with van der Waals surface area (Å²) in [4.78, 5) is 10.9. The first-order chi connectivity index (χ1) is 4.63. The zero-order valence-electron chi connectivity index (χ0n) is 5.01. The van der Waals surface area contributed by atoms with Crippen LogP contribution in [0.5, 0.6) is 0 Å². The van der Waals surface area contributed by atoms with Crippen LogP contribution in [0.25, 0.3) is 0 Å². The van der Waals surface area contributed by atoms with Gasteiger partial charge < -0.3 is 0 Å². The molecule has 0 aliphatic heterocycles. The molecule has 0 saturated heterocycles. The Hall–Kier alpha value is -0.420. The molecule has 0 unspecified atom stereocenters. The van der Waals surface area contributed by atoms with Gasteiger partial charge >= 0.3 is 0 Å². The van der Waals surface area contributed by atoms with Gasteiger partial charge in [0.2, 0.25) is 5.28 Å². The smallest absolute Gasteiger partial charge is 0.283 e. The molecular weight excluding hydrogens is 221 g/mol. The van der Waals surface area contributed by atoms with Crippen molar-refractivity contribution in [1.82, 2.24) is 14.8 Å². The Balaban J connectivity index is 3.50. The van der Waals surface area contributed by atoms with Crippen LogP contribution < -0.4 is 5.56 Å². The average molecular weight is 224 g/mol. The maximum Gasteiger partial charge on any atom is 0.287 e. The standard InChI is InChI=1S/C4H3BrClN3O/c1-9-3(10)2(5)7-8-4(9)6/h1H3. The molecule has 6 heteroatoms. The highest BCUT2D eigenvalue weighted by Crippen LogP contribution is 2.00. The minimum Gasteiger partial charge on any atom is -0.283 e. The molecule has 54 valence electrons. The van der Waals surface area contributed by atoms with E-state index in [4.69, 9.17) is 11.6 Å². The summed E-state index contributed by atoms with van der Waals surface area (Å²) in [6.07, 6.45) is 0. The van der Waals surface area contributed by atoms with Gasteiger partial charge in [-0.2, -0.15) is 0 Å². The Bertz CT molecular complexity index is 310. The normalized spacial score (nSPS) is 9.90. The van der Waals surface area contributed by atoms with E-state index in [1.165, 1.54) is 11.6 Å². The Kier molecular flexibility index (Phi) is 2.05. The molecular formula is C4H3BrClN3O. The molecule has 0 aliphatic rings. The lowest BCUT2D eigenvalue weighted by Gasteiger charge is -1.96.